The second-order valence-electron chi connectivity index (χ2n) is 6.17. The number of rotatable bonds is 5. The van der Waals surface area contributed by atoms with Crippen molar-refractivity contribution >= 4 is 27.5 Å². The lowest BCUT2D eigenvalue weighted by molar-refractivity contribution is 0.102. The maximum absolute atomic E-state index is 12.4. The van der Waals surface area contributed by atoms with Crippen LogP contribution in [0.3, 0.4) is 0 Å². The van der Waals surface area contributed by atoms with Crippen molar-refractivity contribution in [3.63, 3.8) is 0 Å². The first-order chi connectivity index (χ1) is 14.1. The molecule has 0 unspecified atom stereocenters. The van der Waals surface area contributed by atoms with Gasteiger partial charge in [0, 0.05) is 21.3 Å². The van der Waals surface area contributed by atoms with Crippen molar-refractivity contribution < 1.29 is 14.1 Å². The molecule has 0 fully saturated rings. The fourth-order valence-electron chi connectivity index (χ4n) is 2.81. The van der Waals surface area contributed by atoms with Gasteiger partial charge < -0.3 is 14.6 Å². The molecule has 0 saturated heterocycles. The molecule has 6 nitrogen and oxygen atoms in total. The van der Waals surface area contributed by atoms with E-state index >= 15 is 0 Å². The zero-order valence-corrected chi connectivity index (χ0v) is 17.0. The number of nitrogens with zero attached hydrogens (tertiary/aromatic N) is 2. The zero-order valence-electron chi connectivity index (χ0n) is 15.4. The second kappa shape index (κ2) is 8.28. The SMILES string of the molecule is COc1ccccc1-c1nc(-c2cccc(NC(=O)c3ccc(Br)cc3)c2)no1. The quantitative estimate of drug-likeness (QED) is 0.439. The number of halogens is 1. The standard InChI is InChI=1S/C22H16BrN3O3/c1-28-19-8-3-2-7-18(19)22-25-20(26-29-22)15-5-4-6-17(13-15)24-21(27)14-9-11-16(23)12-10-14/h2-13H,1H3,(H,24,27). The van der Waals surface area contributed by atoms with Gasteiger partial charge in [0.05, 0.1) is 12.7 Å². The maximum atomic E-state index is 12.4. The van der Waals surface area contributed by atoms with Gasteiger partial charge in [-0.3, -0.25) is 4.79 Å². The van der Waals surface area contributed by atoms with Crippen molar-refractivity contribution in [2.75, 3.05) is 12.4 Å². The molecule has 29 heavy (non-hydrogen) atoms. The van der Waals surface area contributed by atoms with E-state index < -0.39 is 0 Å². The van der Waals surface area contributed by atoms with E-state index in [9.17, 15) is 4.79 Å². The maximum Gasteiger partial charge on any atom is 0.262 e. The third kappa shape index (κ3) is 4.20. The fraction of sp³-hybridized carbons (Fsp3) is 0.0455. The summed E-state index contributed by atoms with van der Waals surface area (Å²) in [6.07, 6.45) is 0. The third-order valence-corrected chi connectivity index (χ3v) is 4.78. The Hall–Kier alpha value is -3.45. The Labute approximate surface area is 175 Å². The van der Waals surface area contributed by atoms with E-state index in [1.54, 1.807) is 25.3 Å². The summed E-state index contributed by atoms with van der Waals surface area (Å²) >= 11 is 3.36. The van der Waals surface area contributed by atoms with Crippen molar-refractivity contribution in [1.29, 1.82) is 0 Å². The highest BCUT2D eigenvalue weighted by Crippen LogP contribution is 2.30. The van der Waals surface area contributed by atoms with Crippen LogP contribution >= 0.6 is 15.9 Å². The molecule has 0 radical (unpaired) electrons. The molecule has 1 amide bonds. The summed E-state index contributed by atoms with van der Waals surface area (Å²) in [5.41, 5.74) is 2.65. The zero-order chi connectivity index (χ0) is 20.2. The molecule has 4 rings (SSSR count). The van der Waals surface area contributed by atoms with Gasteiger partial charge in [0.1, 0.15) is 5.75 Å². The molecule has 1 N–H and O–H groups in total. The second-order valence-corrected chi connectivity index (χ2v) is 7.08. The Kier molecular flexibility index (Phi) is 5.39. The Bertz CT molecular complexity index is 1160. The average Bonchev–Trinajstić information content (AvgIpc) is 3.24. The molecular formula is C22H16BrN3O3. The van der Waals surface area contributed by atoms with Crippen LogP contribution < -0.4 is 10.1 Å². The molecule has 1 aromatic heterocycles. The first-order valence-corrected chi connectivity index (χ1v) is 9.58. The van der Waals surface area contributed by atoms with Crippen LogP contribution in [-0.2, 0) is 0 Å². The molecule has 0 aliphatic rings. The number of aromatic nitrogens is 2. The van der Waals surface area contributed by atoms with Crippen molar-refractivity contribution in [3.05, 3.63) is 82.8 Å². The first-order valence-electron chi connectivity index (χ1n) is 8.78. The lowest BCUT2D eigenvalue weighted by Crippen LogP contribution is -2.11. The number of hydrogen-bond donors (Lipinski definition) is 1. The van der Waals surface area contributed by atoms with Gasteiger partial charge in [-0.25, -0.2) is 0 Å². The predicted molar refractivity (Wildman–Crippen MR) is 114 cm³/mol. The van der Waals surface area contributed by atoms with Crippen LogP contribution in [0.2, 0.25) is 0 Å². The van der Waals surface area contributed by atoms with Crippen LogP contribution in [-0.4, -0.2) is 23.2 Å². The number of amides is 1. The van der Waals surface area contributed by atoms with Crippen LogP contribution in [0.5, 0.6) is 5.75 Å². The van der Waals surface area contributed by atoms with Crippen molar-refractivity contribution in [1.82, 2.24) is 10.1 Å². The van der Waals surface area contributed by atoms with Gasteiger partial charge >= 0.3 is 0 Å². The first kappa shape index (κ1) is 18.9. The van der Waals surface area contributed by atoms with Crippen LogP contribution in [0.15, 0.2) is 81.8 Å². The van der Waals surface area contributed by atoms with Crippen molar-refractivity contribution in [2.45, 2.75) is 0 Å². The van der Waals surface area contributed by atoms with E-state index in [4.69, 9.17) is 9.26 Å². The fourth-order valence-corrected chi connectivity index (χ4v) is 3.08. The van der Waals surface area contributed by atoms with Gasteiger partial charge in [0.25, 0.3) is 11.8 Å². The number of methoxy groups -OCH3 is 1. The normalized spacial score (nSPS) is 10.6. The van der Waals surface area contributed by atoms with Gasteiger partial charge in [0.15, 0.2) is 0 Å². The molecular weight excluding hydrogens is 434 g/mol. The minimum absolute atomic E-state index is 0.197. The van der Waals surface area contributed by atoms with Crippen LogP contribution in [0, 0.1) is 0 Å². The topological polar surface area (TPSA) is 77.2 Å². The minimum Gasteiger partial charge on any atom is -0.496 e. The van der Waals surface area contributed by atoms with Crippen molar-refractivity contribution in [3.8, 4) is 28.6 Å². The van der Waals surface area contributed by atoms with Gasteiger partial charge in [-0.05, 0) is 48.5 Å². The number of anilines is 1. The van der Waals surface area contributed by atoms with E-state index in [1.165, 1.54) is 0 Å². The molecule has 0 bridgehead atoms. The van der Waals surface area contributed by atoms with Gasteiger partial charge in [-0.2, -0.15) is 4.98 Å². The molecule has 0 atom stereocenters. The monoisotopic (exact) mass is 449 g/mol. The van der Waals surface area contributed by atoms with Crippen molar-refractivity contribution in [2.24, 2.45) is 0 Å². The van der Waals surface area contributed by atoms with E-state index in [0.29, 0.717) is 34.3 Å². The summed E-state index contributed by atoms with van der Waals surface area (Å²) in [6.45, 7) is 0. The predicted octanol–water partition coefficient (Wildman–Crippen LogP) is 5.43. The van der Waals surface area contributed by atoms with Crippen LogP contribution in [0.25, 0.3) is 22.8 Å². The molecule has 1 heterocycles. The molecule has 0 aliphatic carbocycles. The lowest BCUT2D eigenvalue weighted by Gasteiger charge is -2.06. The largest absolute Gasteiger partial charge is 0.496 e. The van der Waals surface area contributed by atoms with E-state index in [0.717, 1.165) is 10.0 Å². The van der Waals surface area contributed by atoms with Gasteiger partial charge in [-0.1, -0.05) is 45.4 Å². The van der Waals surface area contributed by atoms with E-state index in [2.05, 4.69) is 31.4 Å². The summed E-state index contributed by atoms with van der Waals surface area (Å²) in [7, 11) is 1.59. The minimum atomic E-state index is -0.197. The molecule has 7 heteroatoms. The molecule has 0 spiro atoms. The molecule has 4 aromatic rings. The average molecular weight is 450 g/mol. The number of ether oxygens (including phenoxy) is 1. The number of carbonyl (C=O) groups excluding carboxylic acids is 1. The Balaban J connectivity index is 1.57. The number of para-hydroxylation sites is 1. The number of hydrogen-bond acceptors (Lipinski definition) is 5. The summed E-state index contributed by atoms with van der Waals surface area (Å²) in [5, 5.41) is 6.95. The number of carbonyl (C=O) groups is 1. The molecule has 0 saturated carbocycles. The van der Waals surface area contributed by atoms with Crippen LogP contribution in [0.1, 0.15) is 10.4 Å². The third-order valence-electron chi connectivity index (χ3n) is 4.25. The van der Waals surface area contributed by atoms with E-state index in [1.807, 2.05) is 54.6 Å². The summed E-state index contributed by atoms with van der Waals surface area (Å²) in [5.74, 6) is 1.24. The molecule has 0 aliphatic heterocycles. The number of benzene rings is 3. The summed E-state index contributed by atoms with van der Waals surface area (Å²) in [4.78, 5) is 16.9. The smallest absolute Gasteiger partial charge is 0.262 e. The van der Waals surface area contributed by atoms with Gasteiger partial charge in [0.2, 0.25) is 5.82 Å². The molecule has 3 aromatic carbocycles. The van der Waals surface area contributed by atoms with Gasteiger partial charge in [-0.15, -0.1) is 0 Å². The number of nitrogens with one attached hydrogen (secondary N) is 1. The highest BCUT2D eigenvalue weighted by molar-refractivity contribution is 9.10. The lowest BCUT2D eigenvalue weighted by atomic mass is 10.1. The Morgan fingerprint density at radius 2 is 1.83 bits per heavy atom. The van der Waals surface area contributed by atoms with E-state index in [-0.39, 0.29) is 5.91 Å². The highest BCUT2D eigenvalue weighted by atomic mass is 79.9. The summed E-state index contributed by atoms with van der Waals surface area (Å²) in [6, 6.07) is 21.9. The Morgan fingerprint density at radius 1 is 1.03 bits per heavy atom. The Morgan fingerprint density at radius 3 is 2.62 bits per heavy atom. The van der Waals surface area contributed by atoms with Crippen LogP contribution in [0.4, 0.5) is 5.69 Å². The summed E-state index contributed by atoms with van der Waals surface area (Å²) < 4.78 is 11.7. The molecule has 144 valence electrons. The highest BCUT2D eigenvalue weighted by Gasteiger charge is 2.15.